The molecule has 1 amide bonds. The van der Waals surface area contributed by atoms with Crippen LogP contribution in [0.4, 0.5) is 5.69 Å². The van der Waals surface area contributed by atoms with Gasteiger partial charge in [-0.15, -0.1) is 0 Å². The molecule has 3 rings (SSSR count). The molecule has 5 heteroatoms. The number of nitrogens with zero attached hydrogens (tertiary/aromatic N) is 2. The third kappa shape index (κ3) is 5.72. The molecule has 0 radical (unpaired) electrons. The lowest BCUT2D eigenvalue weighted by atomic mass is 9.93. The number of aliphatic hydroxyl groups excluding tert-OH is 1. The van der Waals surface area contributed by atoms with Crippen LogP contribution in [0.25, 0.3) is 0 Å². The van der Waals surface area contributed by atoms with E-state index in [9.17, 15) is 9.90 Å². The highest BCUT2D eigenvalue weighted by Gasteiger charge is 2.21. The quantitative estimate of drug-likeness (QED) is 0.828. The van der Waals surface area contributed by atoms with Crippen molar-refractivity contribution in [1.29, 1.82) is 0 Å². The summed E-state index contributed by atoms with van der Waals surface area (Å²) >= 11 is 0. The number of rotatable bonds is 6. The van der Waals surface area contributed by atoms with E-state index in [1.165, 1.54) is 5.69 Å². The summed E-state index contributed by atoms with van der Waals surface area (Å²) in [6, 6.07) is 10.8. The number of nitrogens with one attached hydrogen (secondary N) is 1. The zero-order valence-corrected chi connectivity index (χ0v) is 15.1. The lowest BCUT2D eigenvalue weighted by Crippen LogP contribution is -2.46. The highest BCUT2D eigenvalue weighted by atomic mass is 16.3. The van der Waals surface area contributed by atoms with Gasteiger partial charge in [-0.1, -0.05) is 18.2 Å². The number of hydrogen-bond acceptors (Lipinski definition) is 4. The summed E-state index contributed by atoms with van der Waals surface area (Å²) in [6.45, 7) is 5.24. The largest absolute Gasteiger partial charge is 0.393 e. The van der Waals surface area contributed by atoms with E-state index >= 15 is 0 Å². The first-order chi connectivity index (χ1) is 12.2. The van der Waals surface area contributed by atoms with Crippen LogP contribution >= 0.6 is 0 Å². The first-order valence-corrected chi connectivity index (χ1v) is 9.70. The fourth-order valence-electron chi connectivity index (χ4n) is 3.85. The topological polar surface area (TPSA) is 55.8 Å². The van der Waals surface area contributed by atoms with Gasteiger partial charge >= 0.3 is 0 Å². The van der Waals surface area contributed by atoms with Crippen LogP contribution < -0.4 is 10.2 Å². The van der Waals surface area contributed by atoms with Gasteiger partial charge in [-0.2, -0.15) is 0 Å². The Morgan fingerprint density at radius 2 is 1.72 bits per heavy atom. The van der Waals surface area contributed by atoms with Gasteiger partial charge in [-0.3, -0.25) is 9.69 Å². The van der Waals surface area contributed by atoms with Crippen LogP contribution in [0.3, 0.4) is 0 Å². The molecule has 0 aromatic heterocycles. The van der Waals surface area contributed by atoms with Crippen molar-refractivity contribution in [2.75, 3.05) is 37.6 Å². The highest BCUT2D eigenvalue weighted by Crippen LogP contribution is 2.18. The van der Waals surface area contributed by atoms with Gasteiger partial charge in [0, 0.05) is 44.3 Å². The first kappa shape index (κ1) is 18.2. The van der Waals surface area contributed by atoms with Gasteiger partial charge in [0.25, 0.3) is 0 Å². The van der Waals surface area contributed by atoms with E-state index in [0.29, 0.717) is 6.42 Å². The normalized spacial score (nSPS) is 24.9. The lowest BCUT2D eigenvalue weighted by molar-refractivity contribution is -0.122. The SMILES string of the molecule is O=C(CCCN1CCN(c2ccccc2)CC1)NC1CCC(O)CC1. The molecule has 0 bridgehead atoms. The number of anilines is 1. The van der Waals surface area contributed by atoms with Crippen molar-refractivity contribution in [2.45, 2.75) is 50.7 Å². The molecule has 138 valence electrons. The van der Waals surface area contributed by atoms with Gasteiger partial charge in [-0.05, 0) is 50.8 Å². The zero-order valence-electron chi connectivity index (χ0n) is 15.1. The Kier molecular flexibility index (Phi) is 6.70. The maximum atomic E-state index is 12.1. The van der Waals surface area contributed by atoms with Crippen molar-refractivity contribution < 1.29 is 9.90 Å². The number of benzene rings is 1. The summed E-state index contributed by atoms with van der Waals surface area (Å²) in [5.41, 5.74) is 1.30. The van der Waals surface area contributed by atoms with Crippen LogP contribution in [0.15, 0.2) is 30.3 Å². The molecule has 2 N–H and O–H groups in total. The van der Waals surface area contributed by atoms with Gasteiger partial charge < -0.3 is 15.3 Å². The standard InChI is InChI=1S/C20H31N3O2/c24-19-10-8-17(9-11-19)21-20(25)7-4-12-22-13-15-23(16-14-22)18-5-2-1-3-6-18/h1-3,5-6,17,19,24H,4,7-16H2,(H,21,25). The predicted molar refractivity (Wildman–Crippen MR) is 101 cm³/mol. The second-order valence-corrected chi connectivity index (χ2v) is 7.34. The second-order valence-electron chi connectivity index (χ2n) is 7.34. The zero-order chi connectivity index (χ0) is 17.5. The van der Waals surface area contributed by atoms with Crippen LogP contribution in [0, 0.1) is 0 Å². The molecule has 1 heterocycles. The second kappa shape index (κ2) is 9.20. The van der Waals surface area contributed by atoms with E-state index in [-0.39, 0.29) is 18.1 Å². The molecule has 2 aliphatic rings. The fourth-order valence-corrected chi connectivity index (χ4v) is 3.85. The summed E-state index contributed by atoms with van der Waals surface area (Å²) in [4.78, 5) is 17.0. The molecular weight excluding hydrogens is 314 g/mol. The maximum absolute atomic E-state index is 12.1. The molecule has 2 fully saturated rings. The Balaban J connectivity index is 1.29. The monoisotopic (exact) mass is 345 g/mol. The summed E-state index contributed by atoms with van der Waals surface area (Å²) < 4.78 is 0. The molecule has 1 aromatic rings. The van der Waals surface area contributed by atoms with Crippen molar-refractivity contribution in [1.82, 2.24) is 10.2 Å². The molecule has 25 heavy (non-hydrogen) atoms. The first-order valence-electron chi connectivity index (χ1n) is 9.70. The van der Waals surface area contributed by atoms with E-state index in [1.54, 1.807) is 0 Å². The van der Waals surface area contributed by atoms with Gasteiger partial charge in [0.2, 0.25) is 5.91 Å². The molecule has 1 saturated heterocycles. The van der Waals surface area contributed by atoms with E-state index < -0.39 is 0 Å². The number of hydrogen-bond donors (Lipinski definition) is 2. The van der Waals surface area contributed by atoms with Gasteiger partial charge in [-0.25, -0.2) is 0 Å². The Morgan fingerprint density at radius 1 is 1.04 bits per heavy atom. The molecule has 5 nitrogen and oxygen atoms in total. The number of amides is 1. The third-order valence-electron chi connectivity index (χ3n) is 5.43. The number of para-hydroxylation sites is 1. The summed E-state index contributed by atoms with van der Waals surface area (Å²) in [5, 5.41) is 12.6. The smallest absolute Gasteiger partial charge is 0.220 e. The number of carbonyl (C=O) groups is 1. The van der Waals surface area contributed by atoms with Crippen molar-refractivity contribution in [3.05, 3.63) is 30.3 Å². The molecule has 0 spiro atoms. The predicted octanol–water partition coefficient (Wildman–Crippen LogP) is 2.01. The van der Waals surface area contributed by atoms with Crippen molar-refractivity contribution in [3.63, 3.8) is 0 Å². The van der Waals surface area contributed by atoms with E-state index in [4.69, 9.17) is 0 Å². The van der Waals surface area contributed by atoms with E-state index in [2.05, 4.69) is 45.4 Å². The minimum Gasteiger partial charge on any atom is -0.393 e. The minimum absolute atomic E-state index is 0.164. The van der Waals surface area contributed by atoms with Crippen molar-refractivity contribution in [2.24, 2.45) is 0 Å². The molecule has 1 aliphatic carbocycles. The maximum Gasteiger partial charge on any atom is 0.220 e. The summed E-state index contributed by atoms with van der Waals surface area (Å²) in [7, 11) is 0. The average Bonchev–Trinajstić information content (AvgIpc) is 2.65. The lowest BCUT2D eigenvalue weighted by Gasteiger charge is -2.36. The van der Waals surface area contributed by atoms with Crippen molar-refractivity contribution in [3.8, 4) is 0 Å². The molecule has 0 atom stereocenters. The molecule has 0 unspecified atom stereocenters. The molecule has 1 aromatic carbocycles. The van der Waals surface area contributed by atoms with Crippen LogP contribution in [-0.4, -0.2) is 60.8 Å². The van der Waals surface area contributed by atoms with Crippen LogP contribution in [-0.2, 0) is 4.79 Å². The summed E-state index contributed by atoms with van der Waals surface area (Å²) in [6.07, 6.45) is 4.82. The fraction of sp³-hybridized carbons (Fsp3) is 0.650. The molecule has 1 saturated carbocycles. The molecule has 1 aliphatic heterocycles. The van der Waals surface area contributed by atoms with Crippen LogP contribution in [0.2, 0.25) is 0 Å². The molecular formula is C20H31N3O2. The number of piperazine rings is 1. The summed E-state index contributed by atoms with van der Waals surface area (Å²) in [5.74, 6) is 0.171. The van der Waals surface area contributed by atoms with E-state index in [0.717, 1.165) is 64.8 Å². The van der Waals surface area contributed by atoms with Gasteiger partial charge in [0.05, 0.1) is 6.10 Å². The minimum atomic E-state index is -0.164. The Morgan fingerprint density at radius 3 is 2.40 bits per heavy atom. The van der Waals surface area contributed by atoms with Gasteiger partial charge in [0.1, 0.15) is 0 Å². The average molecular weight is 345 g/mol. The van der Waals surface area contributed by atoms with Gasteiger partial charge in [0.15, 0.2) is 0 Å². The van der Waals surface area contributed by atoms with Crippen LogP contribution in [0.5, 0.6) is 0 Å². The Bertz CT molecular complexity index is 521. The van der Waals surface area contributed by atoms with E-state index in [1.807, 2.05) is 0 Å². The number of aliphatic hydroxyl groups is 1. The van der Waals surface area contributed by atoms with Crippen molar-refractivity contribution >= 4 is 11.6 Å². The highest BCUT2D eigenvalue weighted by molar-refractivity contribution is 5.76. The number of carbonyl (C=O) groups excluding carboxylic acids is 1. The van der Waals surface area contributed by atoms with Crippen LogP contribution in [0.1, 0.15) is 38.5 Å². The Hall–Kier alpha value is -1.59. The third-order valence-corrected chi connectivity index (χ3v) is 5.43. The Labute approximate surface area is 151 Å².